The van der Waals surface area contributed by atoms with Crippen LogP contribution in [-0.4, -0.2) is 63.4 Å². The molecule has 2 aliphatic rings. The second-order valence-corrected chi connectivity index (χ2v) is 11.4. The van der Waals surface area contributed by atoms with Crippen molar-refractivity contribution in [2.45, 2.75) is 23.8 Å². The molecule has 1 aliphatic heterocycles. The van der Waals surface area contributed by atoms with Crippen LogP contribution in [0.15, 0.2) is 40.6 Å². The summed E-state index contributed by atoms with van der Waals surface area (Å²) in [5.74, 6) is 1.73. The minimum absolute atomic E-state index is 0.0655. The molecule has 0 bridgehead atoms. The van der Waals surface area contributed by atoms with Gasteiger partial charge in [-0.3, -0.25) is 4.79 Å². The van der Waals surface area contributed by atoms with E-state index >= 15 is 0 Å². The van der Waals surface area contributed by atoms with Gasteiger partial charge in [0.25, 0.3) is 5.91 Å². The molecule has 162 valence electrons. The van der Waals surface area contributed by atoms with Crippen LogP contribution in [0.25, 0.3) is 11.4 Å². The van der Waals surface area contributed by atoms with Crippen LogP contribution >= 0.6 is 23.1 Å². The molecule has 2 aromatic heterocycles. The van der Waals surface area contributed by atoms with E-state index < -0.39 is 15.9 Å². The van der Waals surface area contributed by atoms with Gasteiger partial charge in [-0.05, 0) is 46.8 Å². The first kappa shape index (κ1) is 20.6. The summed E-state index contributed by atoms with van der Waals surface area (Å²) in [5, 5.41) is 16.4. The molecule has 0 atom stereocenters. The Morgan fingerprint density at radius 3 is 2.74 bits per heavy atom. The van der Waals surface area contributed by atoms with E-state index in [-0.39, 0.29) is 9.77 Å². The summed E-state index contributed by atoms with van der Waals surface area (Å²) in [6.07, 6.45) is 2.11. The summed E-state index contributed by atoms with van der Waals surface area (Å²) in [4.78, 5) is 13.2. The average molecular weight is 477 g/mol. The summed E-state index contributed by atoms with van der Waals surface area (Å²) in [7, 11) is -3.70. The van der Waals surface area contributed by atoms with E-state index in [1.54, 1.807) is 29.3 Å². The molecule has 1 saturated heterocycles. The van der Waals surface area contributed by atoms with Gasteiger partial charge in [0.05, 0.1) is 6.04 Å². The predicted molar refractivity (Wildman–Crippen MR) is 120 cm³/mol. The normalized spacial score (nSPS) is 17.5. The fourth-order valence-electron chi connectivity index (χ4n) is 3.46. The van der Waals surface area contributed by atoms with Gasteiger partial charge in [0.2, 0.25) is 10.0 Å². The fraction of sp³-hybridized carbons (Fsp3) is 0.368. The molecule has 9 nitrogen and oxygen atoms in total. The zero-order valence-electron chi connectivity index (χ0n) is 16.5. The number of anilines is 1. The highest BCUT2D eigenvalue weighted by Gasteiger charge is 2.31. The number of tetrazole rings is 1. The summed E-state index contributed by atoms with van der Waals surface area (Å²) >= 11 is 2.86. The van der Waals surface area contributed by atoms with Crippen LogP contribution < -0.4 is 5.32 Å². The minimum atomic E-state index is -3.70. The lowest BCUT2D eigenvalue weighted by Gasteiger charge is -2.25. The van der Waals surface area contributed by atoms with Crippen molar-refractivity contribution in [1.29, 1.82) is 0 Å². The lowest BCUT2D eigenvalue weighted by atomic mass is 10.2. The van der Waals surface area contributed by atoms with E-state index in [1.165, 1.54) is 10.4 Å². The number of thiophene rings is 1. The van der Waals surface area contributed by atoms with Crippen molar-refractivity contribution in [1.82, 2.24) is 24.5 Å². The molecule has 3 aromatic rings. The number of aromatic nitrogens is 4. The number of hydrogen-bond acceptors (Lipinski definition) is 8. The monoisotopic (exact) mass is 476 g/mol. The molecule has 1 aliphatic carbocycles. The average Bonchev–Trinajstić information content (AvgIpc) is 3.29. The van der Waals surface area contributed by atoms with E-state index in [4.69, 9.17) is 0 Å². The molecule has 1 amide bonds. The first-order valence-corrected chi connectivity index (χ1v) is 13.4. The molecule has 0 unspecified atom stereocenters. The molecule has 12 heteroatoms. The number of nitrogens with zero attached hydrogens (tertiary/aromatic N) is 5. The lowest BCUT2D eigenvalue weighted by molar-refractivity contribution is 0.102. The van der Waals surface area contributed by atoms with Gasteiger partial charge < -0.3 is 5.32 Å². The number of carbonyl (C=O) groups is 1. The summed E-state index contributed by atoms with van der Waals surface area (Å²) in [5.41, 5.74) is 1.35. The largest absolute Gasteiger partial charge is 0.321 e. The van der Waals surface area contributed by atoms with Crippen molar-refractivity contribution in [2.75, 3.05) is 29.9 Å². The smallest absolute Gasteiger partial charge is 0.267 e. The number of sulfonamides is 1. The zero-order valence-corrected chi connectivity index (χ0v) is 18.9. The lowest BCUT2D eigenvalue weighted by Crippen LogP contribution is -2.38. The number of carbonyl (C=O) groups excluding carboxylic acids is 1. The van der Waals surface area contributed by atoms with Crippen LogP contribution in [0.5, 0.6) is 0 Å². The van der Waals surface area contributed by atoms with Gasteiger partial charge in [-0.25, -0.2) is 13.1 Å². The Kier molecular flexibility index (Phi) is 5.54. The Morgan fingerprint density at radius 2 is 1.97 bits per heavy atom. The number of nitrogens with one attached hydrogen (secondary N) is 1. The maximum atomic E-state index is 13.1. The Balaban J connectivity index is 1.38. The molecule has 5 rings (SSSR count). The van der Waals surface area contributed by atoms with Crippen molar-refractivity contribution in [3.8, 4) is 11.4 Å². The highest BCUT2D eigenvalue weighted by molar-refractivity contribution is 7.99. The van der Waals surface area contributed by atoms with Crippen LogP contribution in [0, 0.1) is 0 Å². The number of rotatable bonds is 6. The van der Waals surface area contributed by atoms with E-state index in [1.807, 2.05) is 16.8 Å². The molecule has 1 saturated carbocycles. The van der Waals surface area contributed by atoms with Crippen LogP contribution in [0.1, 0.15) is 28.6 Å². The number of benzene rings is 1. The van der Waals surface area contributed by atoms with Crippen LogP contribution in [0.4, 0.5) is 5.69 Å². The maximum Gasteiger partial charge on any atom is 0.267 e. The van der Waals surface area contributed by atoms with Gasteiger partial charge >= 0.3 is 0 Å². The Labute approximate surface area is 187 Å². The number of amides is 1. The van der Waals surface area contributed by atoms with E-state index in [2.05, 4.69) is 20.8 Å². The fourth-order valence-corrected chi connectivity index (χ4v) is 7.34. The molecule has 1 N–H and O–H groups in total. The van der Waals surface area contributed by atoms with Crippen LogP contribution in [-0.2, 0) is 10.0 Å². The zero-order chi connectivity index (χ0) is 21.4. The molecule has 3 heterocycles. The Hall–Kier alpha value is -2.28. The van der Waals surface area contributed by atoms with Crippen molar-refractivity contribution in [3.05, 3.63) is 40.6 Å². The number of hydrogen-bond donors (Lipinski definition) is 1. The SMILES string of the molecule is O=C(Nc1cccc(-c2nnnn2C2CC2)c1)c1sccc1S(=O)(=O)N1CCSCC1. The van der Waals surface area contributed by atoms with Crippen molar-refractivity contribution in [2.24, 2.45) is 0 Å². The van der Waals surface area contributed by atoms with Crippen LogP contribution in [0.3, 0.4) is 0 Å². The minimum Gasteiger partial charge on any atom is -0.321 e. The van der Waals surface area contributed by atoms with Crippen molar-refractivity contribution >= 4 is 44.7 Å². The predicted octanol–water partition coefficient (Wildman–Crippen LogP) is 2.73. The standard InChI is InChI=1S/C19H20N6O3S3/c26-19(17-16(6-9-30-17)31(27,28)24-7-10-29-11-8-24)20-14-3-1-2-13(12-14)18-21-22-23-25(18)15-4-5-15/h1-3,6,9,12,15H,4-5,7-8,10-11H2,(H,20,26). The van der Waals surface area contributed by atoms with Gasteiger partial charge in [-0.2, -0.15) is 16.1 Å². The Morgan fingerprint density at radius 1 is 1.16 bits per heavy atom. The van der Waals surface area contributed by atoms with Gasteiger partial charge in [0.1, 0.15) is 9.77 Å². The topological polar surface area (TPSA) is 110 Å². The third-order valence-corrected chi connectivity index (χ3v) is 9.11. The third-order valence-electron chi connectivity index (χ3n) is 5.19. The second kappa shape index (κ2) is 8.34. The van der Waals surface area contributed by atoms with Crippen molar-refractivity contribution < 1.29 is 13.2 Å². The molecule has 0 spiro atoms. The summed E-state index contributed by atoms with van der Waals surface area (Å²) in [6.45, 7) is 0.920. The molecule has 1 aromatic carbocycles. The number of thioether (sulfide) groups is 1. The quantitative estimate of drug-likeness (QED) is 0.582. The Bertz CT molecular complexity index is 1210. The molecular weight excluding hydrogens is 456 g/mol. The molecule has 2 fully saturated rings. The second-order valence-electron chi connectivity index (χ2n) is 7.34. The highest BCUT2D eigenvalue weighted by atomic mass is 32.2. The van der Waals surface area contributed by atoms with Gasteiger partial charge in [0.15, 0.2) is 5.82 Å². The van der Waals surface area contributed by atoms with Crippen LogP contribution in [0.2, 0.25) is 0 Å². The molecule has 31 heavy (non-hydrogen) atoms. The van der Waals surface area contributed by atoms with Gasteiger partial charge in [0, 0.05) is 35.8 Å². The molecule has 0 radical (unpaired) electrons. The van der Waals surface area contributed by atoms with Gasteiger partial charge in [-0.15, -0.1) is 16.4 Å². The maximum absolute atomic E-state index is 13.1. The summed E-state index contributed by atoms with van der Waals surface area (Å²) < 4.78 is 29.4. The van der Waals surface area contributed by atoms with Gasteiger partial charge in [-0.1, -0.05) is 12.1 Å². The van der Waals surface area contributed by atoms with E-state index in [0.29, 0.717) is 30.6 Å². The van der Waals surface area contributed by atoms with Crippen molar-refractivity contribution in [3.63, 3.8) is 0 Å². The summed E-state index contributed by atoms with van der Waals surface area (Å²) in [6, 6.07) is 9.10. The van der Waals surface area contributed by atoms with E-state index in [9.17, 15) is 13.2 Å². The highest BCUT2D eigenvalue weighted by Crippen LogP contribution is 2.37. The van der Waals surface area contributed by atoms with E-state index in [0.717, 1.165) is 41.2 Å². The first-order chi connectivity index (χ1) is 15.0. The first-order valence-electron chi connectivity index (χ1n) is 9.89. The third kappa shape index (κ3) is 4.12. The molecular formula is C19H20N6O3S3.